The van der Waals surface area contributed by atoms with E-state index in [4.69, 9.17) is 9.47 Å². The van der Waals surface area contributed by atoms with Crippen LogP contribution in [0.4, 0.5) is 0 Å². The van der Waals surface area contributed by atoms with Gasteiger partial charge in [-0.3, -0.25) is 0 Å². The van der Waals surface area contributed by atoms with E-state index in [1.165, 1.54) is 0 Å². The Balaban J connectivity index is 2.03. The van der Waals surface area contributed by atoms with Gasteiger partial charge in [0.1, 0.15) is 5.75 Å². The van der Waals surface area contributed by atoms with Crippen LogP contribution in [0.25, 0.3) is 0 Å². The fraction of sp³-hybridized carbons (Fsp3) is 0.250. The van der Waals surface area contributed by atoms with Crippen molar-refractivity contribution in [1.29, 1.82) is 0 Å². The summed E-state index contributed by atoms with van der Waals surface area (Å²) in [6, 6.07) is 16.1. The monoisotopic (exact) mass is 398 g/mol. The van der Waals surface area contributed by atoms with Crippen LogP contribution >= 0.6 is 31.9 Å². The van der Waals surface area contributed by atoms with Gasteiger partial charge < -0.3 is 9.47 Å². The van der Waals surface area contributed by atoms with Gasteiger partial charge in [-0.25, -0.2) is 0 Å². The number of hydrogen-bond donors (Lipinski definition) is 0. The minimum Gasteiger partial charge on any atom is -0.497 e. The molecule has 0 amide bonds. The van der Waals surface area contributed by atoms with Gasteiger partial charge in [0.05, 0.1) is 19.8 Å². The van der Waals surface area contributed by atoms with Gasteiger partial charge in [0.15, 0.2) is 0 Å². The molecular weight excluding hydrogens is 384 g/mol. The van der Waals surface area contributed by atoms with Gasteiger partial charge in [-0.15, -0.1) is 0 Å². The smallest absolute Gasteiger partial charge is 0.118 e. The zero-order valence-corrected chi connectivity index (χ0v) is 14.4. The highest BCUT2D eigenvalue weighted by Crippen LogP contribution is 2.25. The summed E-state index contributed by atoms with van der Waals surface area (Å²) in [5.74, 6) is 0.855. The van der Waals surface area contributed by atoms with E-state index in [1.807, 2.05) is 42.5 Å². The molecule has 0 spiro atoms. The summed E-state index contributed by atoms with van der Waals surface area (Å²) in [6.07, 6.45) is 0.0213. The molecule has 0 aliphatic heterocycles. The van der Waals surface area contributed by atoms with Gasteiger partial charge in [0, 0.05) is 9.80 Å². The normalized spacial score (nSPS) is 12.2. The Morgan fingerprint density at radius 2 is 1.75 bits per heavy atom. The summed E-state index contributed by atoms with van der Waals surface area (Å²) in [5, 5.41) is 0.754. The third-order valence-electron chi connectivity index (χ3n) is 3.03. The van der Waals surface area contributed by atoms with Crippen LogP contribution in [0.1, 0.15) is 17.2 Å². The summed E-state index contributed by atoms with van der Waals surface area (Å²) in [6.45, 7) is 0.573. The van der Waals surface area contributed by atoms with Gasteiger partial charge in [-0.05, 0) is 29.3 Å². The standard InChI is InChI=1S/C16H16Br2O2/c1-19-14-8-6-12(7-9-14)16(10-17)20-11-13-4-2-3-5-15(13)18/h2-9,16H,10-11H2,1H3. The van der Waals surface area contributed by atoms with E-state index in [2.05, 4.69) is 37.9 Å². The van der Waals surface area contributed by atoms with Crippen LogP contribution in [0.15, 0.2) is 53.0 Å². The van der Waals surface area contributed by atoms with Crippen molar-refractivity contribution in [2.45, 2.75) is 12.7 Å². The molecule has 1 atom stereocenters. The van der Waals surface area contributed by atoms with Crippen LogP contribution in [0, 0.1) is 0 Å². The maximum atomic E-state index is 6.00. The highest BCUT2D eigenvalue weighted by Gasteiger charge is 2.11. The molecular formula is C16H16Br2O2. The summed E-state index contributed by atoms with van der Waals surface area (Å²) in [4.78, 5) is 0. The number of alkyl halides is 1. The Bertz CT molecular complexity index is 540. The fourth-order valence-electron chi connectivity index (χ4n) is 1.85. The number of methoxy groups -OCH3 is 1. The lowest BCUT2D eigenvalue weighted by Crippen LogP contribution is -2.06. The minimum absolute atomic E-state index is 0.0213. The third-order valence-corrected chi connectivity index (χ3v) is 4.39. The average molecular weight is 400 g/mol. The SMILES string of the molecule is COc1ccc(C(CBr)OCc2ccccc2Br)cc1. The third kappa shape index (κ3) is 4.08. The number of halogens is 2. The predicted molar refractivity (Wildman–Crippen MR) is 88.5 cm³/mol. The molecule has 4 heteroatoms. The van der Waals surface area contributed by atoms with Crippen molar-refractivity contribution in [2.24, 2.45) is 0 Å². The first-order valence-corrected chi connectivity index (χ1v) is 8.21. The first kappa shape index (κ1) is 15.5. The topological polar surface area (TPSA) is 18.5 Å². The van der Waals surface area contributed by atoms with Crippen molar-refractivity contribution in [2.75, 3.05) is 12.4 Å². The zero-order valence-electron chi connectivity index (χ0n) is 11.2. The lowest BCUT2D eigenvalue weighted by molar-refractivity contribution is 0.0562. The Kier molecular flexibility index (Phi) is 6.07. The molecule has 0 radical (unpaired) electrons. The van der Waals surface area contributed by atoms with E-state index in [9.17, 15) is 0 Å². The van der Waals surface area contributed by atoms with E-state index in [0.29, 0.717) is 6.61 Å². The number of ether oxygens (including phenoxy) is 2. The molecule has 2 aromatic carbocycles. The Morgan fingerprint density at radius 3 is 2.35 bits per heavy atom. The second kappa shape index (κ2) is 7.81. The van der Waals surface area contributed by atoms with E-state index >= 15 is 0 Å². The highest BCUT2D eigenvalue weighted by molar-refractivity contribution is 9.10. The first-order valence-electron chi connectivity index (χ1n) is 6.29. The average Bonchev–Trinajstić information content (AvgIpc) is 2.50. The maximum Gasteiger partial charge on any atom is 0.118 e. The lowest BCUT2D eigenvalue weighted by Gasteiger charge is -2.17. The molecule has 1 unspecified atom stereocenters. The Labute approximate surface area is 136 Å². The van der Waals surface area contributed by atoms with Crippen LogP contribution < -0.4 is 4.74 Å². The lowest BCUT2D eigenvalue weighted by atomic mass is 10.1. The molecule has 0 saturated heterocycles. The molecule has 2 rings (SSSR count). The zero-order chi connectivity index (χ0) is 14.4. The minimum atomic E-state index is 0.0213. The highest BCUT2D eigenvalue weighted by atomic mass is 79.9. The van der Waals surface area contributed by atoms with Crippen molar-refractivity contribution in [3.8, 4) is 5.75 Å². The van der Waals surface area contributed by atoms with E-state index in [-0.39, 0.29) is 6.10 Å². The van der Waals surface area contributed by atoms with Gasteiger partial charge in [-0.1, -0.05) is 62.2 Å². The Hall–Kier alpha value is -0.840. The van der Waals surface area contributed by atoms with Crippen LogP contribution in [-0.2, 0) is 11.3 Å². The molecule has 0 N–H and O–H groups in total. The largest absolute Gasteiger partial charge is 0.497 e. The number of hydrogen-bond acceptors (Lipinski definition) is 2. The van der Waals surface area contributed by atoms with Crippen LogP contribution in [0.5, 0.6) is 5.75 Å². The molecule has 0 saturated carbocycles. The molecule has 0 fully saturated rings. The molecule has 0 aromatic heterocycles. The van der Waals surface area contributed by atoms with Crippen molar-refractivity contribution in [1.82, 2.24) is 0 Å². The van der Waals surface area contributed by atoms with E-state index < -0.39 is 0 Å². The maximum absolute atomic E-state index is 6.00. The second-order valence-corrected chi connectivity index (χ2v) is 5.82. The van der Waals surface area contributed by atoms with E-state index in [1.54, 1.807) is 7.11 Å². The van der Waals surface area contributed by atoms with Crippen LogP contribution in [0.3, 0.4) is 0 Å². The number of rotatable bonds is 6. The van der Waals surface area contributed by atoms with Gasteiger partial charge >= 0.3 is 0 Å². The summed E-state index contributed by atoms with van der Waals surface area (Å²) < 4.78 is 12.2. The van der Waals surface area contributed by atoms with Gasteiger partial charge in [0.25, 0.3) is 0 Å². The molecule has 0 bridgehead atoms. The van der Waals surface area contributed by atoms with Crippen molar-refractivity contribution >= 4 is 31.9 Å². The summed E-state index contributed by atoms with van der Waals surface area (Å²) in [5.41, 5.74) is 2.28. The van der Waals surface area contributed by atoms with Gasteiger partial charge in [0.2, 0.25) is 0 Å². The quantitative estimate of drug-likeness (QED) is 0.628. The fourth-order valence-corrected chi connectivity index (χ4v) is 2.81. The number of benzene rings is 2. The molecule has 0 heterocycles. The molecule has 106 valence electrons. The van der Waals surface area contributed by atoms with Crippen molar-refractivity contribution in [3.05, 3.63) is 64.1 Å². The van der Waals surface area contributed by atoms with Crippen molar-refractivity contribution in [3.63, 3.8) is 0 Å². The summed E-state index contributed by atoms with van der Waals surface area (Å²) >= 11 is 7.05. The van der Waals surface area contributed by atoms with Crippen LogP contribution in [-0.4, -0.2) is 12.4 Å². The molecule has 2 nitrogen and oxygen atoms in total. The first-order chi connectivity index (χ1) is 9.74. The second-order valence-electron chi connectivity index (χ2n) is 4.32. The van der Waals surface area contributed by atoms with E-state index in [0.717, 1.165) is 26.7 Å². The molecule has 0 aliphatic rings. The van der Waals surface area contributed by atoms with Crippen LogP contribution in [0.2, 0.25) is 0 Å². The molecule has 2 aromatic rings. The Morgan fingerprint density at radius 1 is 1.05 bits per heavy atom. The molecule has 20 heavy (non-hydrogen) atoms. The van der Waals surface area contributed by atoms with Crippen molar-refractivity contribution < 1.29 is 9.47 Å². The molecule has 0 aliphatic carbocycles. The summed E-state index contributed by atoms with van der Waals surface area (Å²) in [7, 11) is 1.67. The van der Waals surface area contributed by atoms with Gasteiger partial charge in [-0.2, -0.15) is 0 Å². The predicted octanol–water partition coefficient (Wildman–Crippen LogP) is 5.11.